The Hall–Kier alpha value is -2.53. The molecule has 2 aromatic carbocycles. The molecule has 1 aromatic heterocycles. The zero-order valence-corrected chi connectivity index (χ0v) is 10.8. The van der Waals surface area contributed by atoms with Crippen molar-refractivity contribution in [2.45, 2.75) is 0 Å². The minimum atomic E-state index is -1.22. The molecular formula is C14H8ClNO4. The molecule has 2 N–H and O–H groups in total. The van der Waals surface area contributed by atoms with E-state index in [9.17, 15) is 9.90 Å². The minimum absolute atomic E-state index is 0.00920. The maximum absolute atomic E-state index is 10.8. The fraction of sp³-hybridized carbons (Fsp3) is 0. The highest BCUT2D eigenvalue weighted by molar-refractivity contribution is 6.31. The van der Waals surface area contributed by atoms with Crippen LogP contribution in [0, 0.1) is 0 Å². The van der Waals surface area contributed by atoms with Crippen LogP contribution < -0.4 is 0 Å². The van der Waals surface area contributed by atoms with Crippen LogP contribution in [0.25, 0.3) is 22.0 Å². The molecule has 0 radical (unpaired) electrons. The second kappa shape index (κ2) is 4.54. The Kier molecular flexibility index (Phi) is 2.84. The molecular weight excluding hydrogens is 282 g/mol. The number of halogens is 1. The van der Waals surface area contributed by atoms with E-state index in [1.54, 1.807) is 24.3 Å². The lowest BCUT2D eigenvalue weighted by Gasteiger charge is -2.06. The van der Waals surface area contributed by atoms with Gasteiger partial charge in [-0.2, -0.15) is 0 Å². The molecule has 0 atom stereocenters. The third kappa shape index (κ3) is 1.98. The van der Waals surface area contributed by atoms with Gasteiger partial charge in [-0.25, -0.2) is 4.79 Å². The van der Waals surface area contributed by atoms with Crippen molar-refractivity contribution in [3.05, 3.63) is 47.2 Å². The average molecular weight is 290 g/mol. The second-order valence-electron chi connectivity index (χ2n) is 4.21. The van der Waals surface area contributed by atoms with E-state index in [1.807, 2.05) is 0 Å². The SMILES string of the molecule is O=C(O)c1cc(-c2c(O)ccc3cc(Cl)ccc23)no1. The zero-order chi connectivity index (χ0) is 14.3. The normalized spacial score (nSPS) is 10.8. The highest BCUT2D eigenvalue weighted by atomic mass is 35.5. The number of rotatable bonds is 2. The Morgan fingerprint density at radius 1 is 1.20 bits per heavy atom. The van der Waals surface area contributed by atoms with E-state index in [-0.39, 0.29) is 17.2 Å². The van der Waals surface area contributed by atoms with Gasteiger partial charge < -0.3 is 14.7 Å². The molecule has 0 unspecified atom stereocenters. The largest absolute Gasteiger partial charge is 0.507 e. The zero-order valence-electron chi connectivity index (χ0n) is 10.0. The van der Waals surface area contributed by atoms with Crippen molar-refractivity contribution in [3.8, 4) is 17.0 Å². The Morgan fingerprint density at radius 2 is 2.00 bits per heavy atom. The number of aromatic hydroxyl groups is 1. The number of carboxylic acids is 1. The second-order valence-corrected chi connectivity index (χ2v) is 4.64. The van der Waals surface area contributed by atoms with Crippen LogP contribution >= 0.6 is 11.6 Å². The van der Waals surface area contributed by atoms with Crippen molar-refractivity contribution in [3.63, 3.8) is 0 Å². The van der Waals surface area contributed by atoms with Gasteiger partial charge in [-0.05, 0) is 29.0 Å². The van der Waals surface area contributed by atoms with Gasteiger partial charge in [0.05, 0.1) is 5.56 Å². The first-order chi connectivity index (χ1) is 9.56. The summed E-state index contributed by atoms with van der Waals surface area (Å²) in [6.07, 6.45) is 0. The number of carboxylic acid groups (broad SMARTS) is 1. The third-order valence-corrected chi connectivity index (χ3v) is 3.17. The summed E-state index contributed by atoms with van der Waals surface area (Å²) in [5, 5.41) is 24.6. The highest BCUT2D eigenvalue weighted by Gasteiger charge is 2.17. The topological polar surface area (TPSA) is 83.6 Å². The van der Waals surface area contributed by atoms with Gasteiger partial charge >= 0.3 is 5.97 Å². The van der Waals surface area contributed by atoms with Crippen molar-refractivity contribution >= 4 is 28.3 Å². The third-order valence-electron chi connectivity index (χ3n) is 2.94. The molecule has 3 aromatic rings. The molecule has 5 nitrogen and oxygen atoms in total. The summed E-state index contributed by atoms with van der Waals surface area (Å²) in [5.41, 5.74) is 0.670. The number of nitrogens with zero attached hydrogens (tertiary/aromatic N) is 1. The van der Waals surface area contributed by atoms with Gasteiger partial charge in [0.1, 0.15) is 11.4 Å². The van der Waals surface area contributed by atoms with Gasteiger partial charge in [-0.1, -0.05) is 28.9 Å². The minimum Gasteiger partial charge on any atom is -0.507 e. The monoisotopic (exact) mass is 289 g/mol. The Bertz CT molecular complexity index is 825. The number of hydrogen-bond acceptors (Lipinski definition) is 4. The molecule has 0 spiro atoms. The van der Waals surface area contributed by atoms with Gasteiger partial charge in [0, 0.05) is 11.1 Å². The van der Waals surface area contributed by atoms with Crippen LogP contribution in [0.5, 0.6) is 5.75 Å². The Balaban J connectivity index is 2.28. The van der Waals surface area contributed by atoms with E-state index in [2.05, 4.69) is 5.16 Å². The summed E-state index contributed by atoms with van der Waals surface area (Å²) in [6, 6.07) is 9.66. The Morgan fingerprint density at radius 3 is 2.70 bits per heavy atom. The van der Waals surface area contributed by atoms with E-state index in [1.165, 1.54) is 12.1 Å². The van der Waals surface area contributed by atoms with Crippen LogP contribution in [0.3, 0.4) is 0 Å². The smallest absolute Gasteiger partial charge is 0.374 e. The lowest BCUT2D eigenvalue weighted by Crippen LogP contribution is -1.91. The summed E-state index contributed by atoms with van der Waals surface area (Å²) in [6.45, 7) is 0. The molecule has 100 valence electrons. The molecule has 3 rings (SSSR count). The first-order valence-electron chi connectivity index (χ1n) is 5.68. The predicted molar refractivity (Wildman–Crippen MR) is 73.1 cm³/mol. The van der Waals surface area contributed by atoms with Crippen LogP contribution in [0.15, 0.2) is 40.9 Å². The van der Waals surface area contributed by atoms with Crippen LogP contribution in [0.2, 0.25) is 5.02 Å². The lowest BCUT2D eigenvalue weighted by atomic mass is 10.0. The van der Waals surface area contributed by atoms with Crippen molar-refractivity contribution in [2.75, 3.05) is 0 Å². The molecule has 20 heavy (non-hydrogen) atoms. The molecule has 0 aliphatic heterocycles. The van der Waals surface area contributed by atoms with Gasteiger partial charge in [-0.15, -0.1) is 0 Å². The fourth-order valence-corrected chi connectivity index (χ4v) is 2.23. The lowest BCUT2D eigenvalue weighted by molar-refractivity contribution is 0.0652. The number of benzene rings is 2. The number of aromatic nitrogens is 1. The quantitative estimate of drug-likeness (QED) is 0.753. The van der Waals surface area contributed by atoms with Crippen LogP contribution in [-0.4, -0.2) is 21.3 Å². The number of fused-ring (bicyclic) bond motifs is 1. The molecule has 0 amide bonds. The van der Waals surface area contributed by atoms with E-state index < -0.39 is 5.97 Å². The van der Waals surface area contributed by atoms with E-state index >= 15 is 0 Å². The molecule has 0 saturated carbocycles. The maximum atomic E-state index is 10.8. The van der Waals surface area contributed by atoms with E-state index in [0.29, 0.717) is 16.0 Å². The summed E-state index contributed by atoms with van der Waals surface area (Å²) in [4.78, 5) is 10.8. The van der Waals surface area contributed by atoms with Gasteiger partial charge in [0.2, 0.25) is 5.76 Å². The van der Waals surface area contributed by atoms with Crippen LogP contribution in [-0.2, 0) is 0 Å². The first kappa shape index (κ1) is 12.5. The van der Waals surface area contributed by atoms with E-state index in [4.69, 9.17) is 21.2 Å². The van der Waals surface area contributed by atoms with Gasteiger partial charge in [0.15, 0.2) is 0 Å². The van der Waals surface area contributed by atoms with Gasteiger partial charge in [0.25, 0.3) is 0 Å². The number of aromatic carboxylic acids is 1. The number of hydrogen-bond donors (Lipinski definition) is 2. The van der Waals surface area contributed by atoms with Crippen molar-refractivity contribution in [1.29, 1.82) is 0 Å². The molecule has 0 bridgehead atoms. The highest BCUT2D eigenvalue weighted by Crippen LogP contribution is 2.36. The standard InChI is InChI=1S/C14H8ClNO4/c15-8-2-3-9-7(5-8)1-4-11(17)13(9)10-6-12(14(18)19)20-16-10/h1-6,17H,(H,18,19). The van der Waals surface area contributed by atoms with Crippen molar-refractivity contribution < 1.29 is 19.5 Å². The number of phenolic OH excluding ortho intramolecular Hbond substituents is 1. The predicted octanol–water partition coefficient (Wildman–Crippen LogP) is 3.55. The summed E-state index contributed by atoms with van der Waals surface area (Å²) >= 11 is 5.93. The number of phenols is 1. The molecule has 0 aliphatic carbocycles. The fourth-order valence-electron chi connectivity index (χ4n) is 2.05. The molecule has 0 aliphatic rings. The van der Waals surface area contributed by atoms with Gasteiger partial charge in [-0.3, -0.25) is 0 Å². The van der Waals surface area contributed by atoms with E-state index in [0.717, 1.165) is 5.39 Å². The summed E-state index contributed by atoms with van der Waals surface area (Å²) in [7, 11) is 0. The van der Waals surface area contributed by atoms with Crippen molar-refractivity contribution in [1.82, 2.24) is 5.16 Å². The van der Waals surface area contributed by atoms with Crippen molar-refractivity contribution in [2.24, 2.45) is 0 Å². The average Bonchev–Trinajstić information content (AvgIpc) is 2.88. The first-order valence-corrected chi connectivity index (χ1v) is 6.05. The molecule has 6 heteroatoms. The molecule has 0 saturated heterocycles. The van der Waals surface area contributed by atoms with Crippen LogP contribution in [0.4, 0.5) is 0 Å². The molecule has 1 heterocycles. The summed E-state index contributed by atoms with van der Waals surface area (Å²) in [5.74, 6) is -1.51. The number of carbonyl (C=O) groups is 1. The Labute approximate surface area is 118 Å². The molecule has 0 fully saturated rings. The maximum Gasteiger partial charge on any atom is 0.374 e. The summed E-state index contributed by atoms with van der Waals surface area (Å²) < 4.78 is 4.72. The van der Waals surface area contributed by atoms with Crippen LogP contribution in [0.1, 0.15) is 10.6 Å².